The number of rotatable bonds is 5. The van der Waals surface area contributed by atoms with Crippen LogP contribution in [0.2, 0.25) is 0 Å². The summed E-state index contributed by atoms with van der Waals surface area (Å²) in [6.07, 6.45) is 1.69. The predicted molar refractivity (Wildman–Crippen MR) is 117 cm³/mol. The third-order valence-corrected chi connectivity index (χ3v) is 5.83. The van der Waals surface area contributed by atoms with Crippen LogP contribution in [0.3, 0.4) is 0 Å². The first-order chi connectivity index (χ1) is 13.8. The van der Waals surface area contributed by atoms with Crippen LogP contribution in [-0.4, -0.2) is 41.9 Å². The normalized spacial score (nSPS) is 16.3. The van der Waals surface area contributed by atoms with Crippen molar-refractivity contribution >= 4 is 17.5 Å². The minimum atomic E-state index is -0.206. The molecule has 0 saturated carbocycles. The number of amides is 2. The topological polar surface area (TPSA) is 61.4 Å². The highest BCUT2D eigenvalue weighted by Gasteiger charge is 2.27. The summed E-state index contributed by atoms with van der Waals surface area (Å²) in [6.45, 7) is 9.51. The Morgan fingerprint density at radius 1 is 1.00 bits per heavy atom. The number of nitrogens with zero attached hydrogens (tertiary/aromatic N) is 1. The van der Waals surface area contributed by atoms with Crippen molar-refractivity contribution in [3.63, 3.8) is 0 Å². The van der Waals surface area contributed by atoms with Crippen LogP contribution < -0.4 is 10.6 Å². The van der Waals surface area contributed by atoms with E-state index in [2.05, 4.69) is 15.5 Å². The van der Waals surface area contributed by atoms with Gasteiger partial charge < -0.3 is 10.6 Å². The van der Waals surface area contributed by atoms with E-state index < -0.39 is 0 Å². The van der Waals surface area contributed by atoms with Crippen molar-refractivity contribution in [1.82, 2.24) is 10.2 Å². The van der Waals surface area contributed by atoms with Crippen molar-refractivity contribution < 1.29 is 9.59 Å². The number of benzene rings is 2. The van der Waals surface area contributed by atoms with Crippen molar-refractivity contribution in [1.29, 1.82) is 0 Å². The van der Waals surface area contributed by atoms with Gasteiger partial charge in [0.05, 0.1) is 6.04 Å². The van der Waals surface area contributed by atoms with Crippen LogP contribution >= 0.6 is 0 Å². The Balaban J connectivity index is 1.52. The SMILES string of the molecule is Cc1ccc(C)c(NC(=O)C(C)N2CCC(NC(=O)c3ccccc3C)CC2)c1. The van der Waals surface area contributed by atoms with Gasteiger partial charge in [-0.15, -0.1) is 0 Å². The lowest BCUT2D eigenvalue weighted by atomic mass is 10.0. The van der Waals surface area contributed by atoms with Crippen LogP contribution in [0.4, 0.5) is 5.69 Å². The highest BCUT2D eigenvalue weighted by atomic mass is 16.2. The average molecular weight is 394 g/mol. The van der Waals surface area contributed by atoms with Crippen molar-refractivity contribution in [2.75, 3.05) is 18.4 Å². The van der Waals surface area contributed by atoms with Gasteiger partial charge in [0, 0.05) is 30.4 Å². The van der Waals surface area contributed by atoms with Gasteiger partial charge in [-0.2, -0.15) is 0 Å². The first-order valence-electron chi connectivity index (χ1n) is 10.3. The molecule has 1 aliphatic heterocycles. The third-order valence-electron chi connectivity index (χ3n) is 5.83. The van der Waals surface area contributed by atoms with E-state index in [1.807, 2.05) is 70.2 Å². The maximum atomic E-state index is 12.7. The summed E-state index contributed by atoms with van der Waals surface area (Å²) >= 11 is 0. The number of hydrogen-bond donors (Lipinski definition) is 2. The van der Waals surface area contributed by atoms with Crippen LogP contribution in [0.1, 0.15) is 46.8 Å². The second kappa shape index (κ2) is 9.23. The number of hydrogen-bond acceptors (Lipinski definition) is 3. The second-order valence-electron chi connectivity index (χ2n) is 8.08. The zero-order chi connectivity index (χ0) is 21.0. The van der Waals surface area contributed by atoms with Gasteiger partial charge in [0.1, 0.15) is 0 Å². The smallest absolute Gasteiger partial charge is 0.251 e. The van der Waals surface area contributed by atoms with Gasteiger partial charge in [0.25, 0.3) is 5.91 Å². The summed E-state index contributed by atoms with van der Waals surface area (Å²) in [5.74, 6) is 0.00311. The Morgan fingerprint density at radius 3 is 2.38 bits per heavy atom. The molecule has 29 heavy (non-hydrogen) atoms. The molecule has 1 saturated heterocycles. The van der Waals surface area contributed by atoms with E-state index in [0.29, 0.717) is 0 Å². The van der Waals surface area contributed by atoms with Gasteiger partial charge in [0.2, 0.25) is 5.91 Å². The molecule has 3 rings (SSSR count). The molecule has 0 aromatic heterocycles. The zero-order valence-corrected chi connectivity index (χ0v) is 17.8. The first kappa shape index (κ1) is 21.1. The fraction of sp³-hybridized carbons (Fsp3) is 0.417. The molecule has 5 nitrogen and oxygen atoms in total. The van der Waals surface area contributed by atoms with Gasteiger partial charge in [-0.1, -0.05) is 30.3 Å². The quantitative estimate of drug-likeness (QED) is 0.811. The summed E-state index contributed by atoms with van der Waals surface area (Å²) in [7, 11) is 0. The average Bonchev–Trinajstić information content (AvgIpc) is 2.71. The summed E-state index contributed by atoms with van der Waals surface area (Å²) in [5.41, 5.74) is 4.79. The predicted octanol–water partition coefficient (Wildman–Crippen LogP) is 3.83. The summed E-state index contributed by atoms with van der Waals surface area (Å²) in [6, 6.07) is 13.7. The molecule has 5 heteroatoms. The zero-order valence-electron chi connectivity index (χ0n) is 17.8. The Bertz CT molecular complexity index is 885. The van der Waals surface area contributed by atoms with Crippen LogP contribution in [0.15, 0.2) is 42.5 Å². The maximum Gasteiger partial charge on any atom is 0.251 e. The van der Waals surface area contributed by atoms with E-state index in [4.69, 9.17) is 0 Å². The summed E-state index contributed by atoms with van der Waals surface area (Å²) in [5, 5.41) is 6.22. The molecule has 1 unspecified atom stereocenters. The van der Waals surface area contributed by atoms with E-state index in [9.17, 15) is 9.59 Å². The van der Waals surface area contributed by atoms with Crippen LogP contribution in [-0.2, 0) is 4.79 Å². The van der Waals surface area contributed by atoms with Crippen molar-refractivity contribution in [3.8, 4) is 0 Å². The molecule has 154 valence electrons. The molecule has 2 amide bonds. The fourth-order valence-electron chi connectivity index (χ4n) is 3.80. The Hall–Kier alpha value is -2.66. The minimum absolute atomic E-state index is 0.0118. The molecule has 1 aliphatic rings. The number of anilines is 1. The second-order valence-corrected chi connectivity index (χ2v) is 8.08. The minimum Gasteiger partial charge on any atom is -0.349 e. The van der Waals surface area contributed by atoms with Gasteiger partial charge in [-0.3, -0.25) is 14.5 Å². The molecule has 1 fully saturated rings. The van der Waals surface area contributed by atoms with Crippen molar-refractivity contribution in [3.05, 3.63) is 64.7 Å². The van der Waals surface area contributed by atoms with E-state index >= 15 is 0 Å². The van der Waals surface area contributed by atoms with E-state index in [0.717, 1.165) is 53.9 Å². The molecule has 2 aromatic carbocycles. The van der Waals surface area contributed by atoms with Gasteiger partial charge in [-0.05, 0) is 69.4 Å². The number of nitrogens with one attached hydrogen (secondary N) is 2. The summed E-state index contributed by atoms with van der Waals surface area (Å²) < 4.78 is 0. The maximum absolute atomic E-state index is 12.7. The molecule has 0 spiro atoms. The lowest BCUT2D eigenvalue weighted by molar-refractivity contribution is -0.121. The number of aryl methyl sites for hydroxylation is 3. The van der Waals surface area contributed by atoms with Crippen LogP contribution in [0, 0.1) is 20.8 Å². The highest BCUT2D eigenvalue weighted by Crippen LogP contribution is 2.19. The van der Waals surface area contributed by atoms with Gasteiger partial charge in [-0.25, -0.2) is 0 Å². The highest BCUT2D eigenvalue weighted by molar-refractivity contribution is 5.96. The molecule has 2 N–H and O–H groups in total. The van der Waals surface area contributed by atoms with Gasteiger partial charge in [0.15, 0.2) is 0 Å². The monoisotopic (exact) mass is 393 g/mol. The van der Waals surface area contributed by atoms with E-state index in [-0.39, 0.29) is 23.9 Å². The van der Waals surface area contributed by atoms with Crippen molar-refractivity contribution in [2.45, 2.75) is 52.6 Å². The number of carbonyl (C=O) groups excluding carboxylic acids is 2. The van der Waals surface area contributed by atoms with Gasteiger partial charge >= 0.3 is 0 Å². The molecular weight excluding hydrogens is 362 g/mol. The largest absolute Gasteiger partial charge is 0.349 e. The van der Waals surface area contributed by atoms with E-state index in [1.165, 1.54) is 0 Å². The Kier molecular flexibility index (Phi) is 6.70. The molecule has 1 atom stereocenters. The lowest BCUT2D eigenvalue weighted by Gasteiger charge is -2.35. The number of piperidine rings is 1. The molecular formula is C24H31N3O2. The van der Waals surface area contributed by atoms with Crippen LogP contribution in [0.25, 0.3) is 0 Å². The molecule has 0 radical (unpaired) electrons. The fourth-order valence-corrected chi connectivity index (χ4v) is 3.80. The van der Waals surface area contributed by atoms with E-state index in [1.54, 1.807) is 0 Å². The molecule has 1 heterocycles. The molecule has 2 aromatic rings. The molecule has 0 bridgehead atoms. The molecule has 0 aliphatic carbocycles. The summed E-state index contributed by atoms with van der Waals surface area (Å²) in [4.78, 5) is 27.5. The number of carbonyl (C=O) groups is 2. The number of likely N-dealkylation sites (tertiary alicyclic amines) is 1. The Labute approximate surface area is 173 Å². The first-order valence-corrected chi connectivity index (χ1v) is 10.3. The lowest BCUT2D eigenvalue weighted by Crippen LogP contribution is -2.50. The third kappa shape index (κ3) is 5.24. The van der Waals surface area contributed by atoms with Crippen molar-refractivity contribution in [2.24, 2.45) is 0 Å². The Morgan fingerprint density at radius 2 is 1.69 bits per heavy atom. The standard InChI is InChI=1S/C24H31N3O2/c1-16-9-10-18(3)22(15-16)26-23(28)19(4)27-13-11-20(12-14-27)25-24(29)21-8-6-5-7-17(21)2/h5-10,15,19-20H,11-14H2,1-4H3,(H,25,29)(H,26,28). The van der Waals surface area contributed by atoms with Crippen LogP contribution in [0.5, 0.6) is 0 Å².